The maximum Gasteiger partial charge on any atom is 0.0614 e. The summed E-state index contributed by atoms with van der Waals surface area (Å²) < 4.78 is 0. The van der Waals surface area contributed by atoms with Crippen LogP contribution in [-0.2, 0) is 21.7 Å². The van der Waals surface area contributed by atoms with Gasteiger partial charge in [-0.3, -0.25) is 0 Å². The molecule has 0 aliphatic heterocycles. The van der Waals surface area contributed by atoms with Gasteiger partial charge in [0.15, 0.2) is 0 Å². The predicted octanol–water partition coefficient (Wildman–Crippen LogP) is 3.28. The molecule has 0 aromatic heterocycles. The summed E-state index contributed by atoms with van der Waals surface area (Å²) in [6, 6.07) is 0. The first-order valence-corrected chi connectivity index (χ1v) is 8.08. The zero-order valence-corrected chi connectivity index (χ0v) is 17.0. The molecule has 0 amide bonds. The second-order valence-electron chi connectivity index (χ2n) is 4.70. The normalized spacial score (nSPS) is 7.86. The van der Waals surface area contributed by atoms with Crippen molar-refractivity contribution in [3.63, 3.8) is 0 Å². The van der Waals surface area contributed by atoms with Gasteiger partial charge in [0.25, 0.3) is 0 Å². The van der Waals surface area contributed by atoms with Crippen molar-refractivity contribution in [2.24, 2.45) is 0 Å². The van der Waals surface area contributed by atoms with E-state index >= 15 is 0 Å². The second kappa shape index (κ2) is 42.9. The van der Waals surface area contributed by atoms with Crippen molar-refractivity contribution >= 4 is 0 Å². The van der Waals surface area contributed by atoms with Crippen LogP contribution in [0.3, 0.4) is 0 Å². The minimum absolute atomic E-state index is 0. The van der Waals surface area contributed by atoms with Gasteiger partial charge in [0.1, 0.15) is 0 Å². The summed E-state index contributed by atoms with van der Waals surface area (Å²) in [5.41, 5.74) is 1.16. The Balaban J connectivity index is -0.0000000577. The van der Waals surface area contributed by atoms with Crippen LogP contribution in [0.4, 0.5) is 0 Å². The van der Waals surface area contributed by atoms with E-state index in [0.717, 1.165) is 44.1 Å². The van der Waals surface area contributed by atoms with E-state index in [9.17, 15) is 0 Å². The zero-order chi connectivity index (χ0) is 17.4. The predicted molar refractivity (Wildman–Crippen MR) is 92.5 cm³/mol. The minimum Gasteiger partial charge on any atom is -0.396 e. The molecule has 0 aromatic carbocycles. The summed E-state index contributed by atoms with van der Waals surface area (Å²) in [5.74, 6) is 0. The second-order valence-corrected chi connectivity index (χ2v) is 4.70. The Bertz CT molecular complexity index is 140. The molecule has 0 fully saturated rings. The van der Waals surface area contributed by atoms with Crippen molar-refractivity contribution in [2.45, 2.75) is 73.1 Å². The Labute approximate surface area is 153 Å². The molecule has 0 aliphatic carbocycles. The maximum atomic E-state index is 8.16. The average Bonchev–Trinajstić information content (AvgIpc) is 2.43. The van der Waals surface area contributed by atoms with E-state index < -0.39 is 0 Å². The fourth-order valence-corrected chi connectivity index (χ4v) is 0.657. The standard InChI is InChI=1S/C5H10O.3C4H10O.Ti/c1-5(2)3-4-6;3*1-2-3-4-5;/h3,6H,4H2,1-2H3;3*5H,2-4H2,1H3;. The monoisotopic (exact) mass is 356 g/mol. The molecule has 0 spiro atoms. The van der Waals surface area contributed by atoms with E-state index in [2.05, 4.69) is 20.8 Å². The molecule has 0 bridgehead atoms. The number of aliphatic hydroxyl groups is 4. The number of hydrogen-bond acceptors (Lipinski definition) is 4. The molecule has 136 valence electrons. The molecule has 0 aromatic rings. The topological polar surface area (TPSA) is 80.9 Å². The van der Waals surface area contributed by atoms with Gasteiger partial charge in [-0.05, 0) is 33.1 Å². The van der Waals surface area contributed by atoms with Gasteiger partial charge in [-0.2, -0.15) is 0 Å². The fourth-order valence-electron chi connectivity index (χ4n) is 0.657. The molecule has 0 saturated carbocycles. The number of hydrogen-bond donors (Lipinski definition) is 4. The van der Waals surface area contributed by atoms with Gasteiger partial charge in [-0.1, -0.05) is 51.7 Å². The minimum atomic E-state index is 0. The van der Waals surface area contributed by atoms with Crippen molar-refractivity contribution in [3.05, 3.63) is 11.6 Å². The summed E-state index contributed by atoms with van der Waals surface area (Å²) >= 11 is 0. The van der Waals surface area contributed by atoms with Crippen LogP contribution in [0.25, 0.3) is 0 Å². The van der Waals surface area contributed by atoms with Gasteiger partial charge in [-0.25, -0.2) is 0 Å². The first kappa shape index (κ1) is 33.8. The Morgan fingerprint density at radius 3 is 0.955 bits per heavy atom. The van der Waals surface area contributed by atoms with E-state index in [-0.39, 0.29) is 28.3 Å². The third-order valence-electron chi connectivity index (χ3n) is 2.03. The quantitative estimate of drug-likeness (QED) is 0.417. The summed E-state index contributed by atoms with van der Waals surface area (Å²) in [5, 5.41) is 32.4. The number of allylic oxidation sites excluding steroid dienone is 1. The Hall–Kier alpha value is 0.294. The largest absolute Gasteiger partial charge is 0.396 e. The van der Waals surface area contributed by atoms with Crippen LogP contribution in [-0.4, -0.2) is 46.9 Å². The summed E-state index contributed by atoms with van der Waals surface area (Å²) in [7, 11) is 0. The van der Waals surface area contributed by atoms with Crippen LogP contribution in [0, 0.1) is 0 Å². The van der Waals surface area contributed by atoms with Crippen LogP contribution in [0.2, 0.25) is 0 Å². The number of rotatable bonds is 7. The third-order valence-corrected chi connectivity index (χ3v) is 2.03. The van der Waals surface area contributed by atoms with Crippen LogP contribution >= 0.6 is 0 Å². The molecule has 0 atom stereocenters. The molecule has 0 rings (SSSR count). The Morgan fingerprint density at radius 2 is 0.955 bits per heavy atom. The number of unbranched alkanes of at least 4 members (excludes halogenated alkanes) is 3. The smallest absolute Gasteiger partial charge is 0.0614 e. The van der Waals surface area contributed by atoms with Crippen molar-refractivity contribution in [2.75, 3.05) is 26.4 Å². The van der Waals surface area contributed by atoms with E-state index in [1.807, 2.05) is 13.8 Å². The van der Waals surface area contributed by atoms with Gasteiger partial charge in [0.2, 0.25) is 0 Å². The van der Waals surface area contributed by atoms with Crippen LogP contribution < -0.4 is 0 Å². The molecule has 5 heteroatoms. The fraction of sp³-hybridized carbons (Fsp3) is 0.882. The molecule has 0 radical (unpaired) electrons. The van der Waals surface area contributed by atoms with E-state index in [1.165, 1.54) is 0 Å². The van der Waals surface area contributed by atoms with Crippen molar-refractivity contribution < 1.29 is 42.1 Å². The molecule has 0 unspecified atom stereocenters. The van der Waals surface area contributed by atoms with Gasteiger partial charge in [0.05, 0.1) is 6.61 Å². The van der Waals surface area contributed by atoms with Crippen LogP contribution in [0.15, 0.2) is 11.6 Å². The Morgan fingerprint density at radius 1 is 0.682 bits per heavy atom. The summed E-state index contributed by atoms with van der Waals surface area (Å²) in [6.45, 7) is 11.3. The average molecular weight is 356 g/mol. The number of aliphatic hydroxyl groups excluding tert-OH is 4. The first-order chi connectivity index (χ1) is 10.0. The van der Waals surface area contributed by atoms with Gasteiger partial charge in [-0.15, -0.1) is 0 Å². The maximum absolute atomic E-state index is 8.16. The molecule has 4 nitrogen and oxygen atoms in total. The first-order valence-electron chi connectivity index (χ1n) is 8.08. The van der Waals surface area contributed by atoms with Crippen LogP contribution in [0.1, 0.15) is 73.1 Å². The van der Waals surface area contributed by atoms with Gasteiger partial charge < -0.3 is 20.4 Å². The molecule has 22 heavy (non-hydrogen) atoms. The van der Waals surface area contributed by atoms with Gasteiger partial charge >= 0.3 is 0 Å². The Kier molecular flexibility index (Phi) is 65.9. The van der Waals surface area contributed by atoms with Crippen molar-refractivity contribution in [3.8, 4) is 0 Å². The van der Waals surface area contributed by atoms with E-state index in [4.69, 9.17) is 20.4 Å². The van der Waals surface area contributed by atoms with E-state index in [1.54, 1.807) is 6.08 Å². The summed E-state index contributed by atoms with van der Waals surface area (Å²) in [6.07, 6.45) is 7.88. The molecule has 0 heterocycles. The zero-order valence-electron chi connectivity index (χ0n) is 15.4. The van der Waals surface area contributed by atoms with Crippen LogP contribution in [0.5, 0.6) is 0 Å². The molecular weight excluding hydrogens is 316 g/mol. The SMILES string of the molecule is CC(C)=CCO.CCCCO.CCCCO.CCCCO.[Ti]. The van der Waals surface area contributed by atoms with E-state index in [0.29, 0.717) is 19.8 Å². The molecule has 0 aliphatic rings. The molecule has 0 saturated heterocycles. The third kappa shape index (κ3) is 87.5. The molecule has 4 N–H and O–H groups in total. The van der Waals surface area contributed by atoms with Crippen molar-refractivity contribution in [1.29, 1.82) is 0 Å². The van der Waals surface area contributed by atoms with Gasteiger partial charge in [0, 0.05) is 41.5 Å². The van der Waals surface area contributed by atoms with Crippen molar-refractivity contribution in [1.82, 2.24) is 0 Å². The molecular formula is C17H40O4Ti. The summed E-state index contributed by atoms with van der Waals surface area (Å²) in [4.78, 5) is 0.